The summed E-state index contributed by atoms with van der Waals surface area (Å²) < 4.78 is 3.96. The van der Waals surface area contributed by atoms with Crippen LogP contribution in [0, 0.1) is 5.41 Å². The number of hydrogen-bond donors (Lipinski definition) is 2. The SMILES string of the molecule is NCC1(C(O)c2ccns2)CC1. The van der Waals surface area contributed by atoms with Crippen LogP contribution in [0.2, 0.25) is 0 Å². The molecule has 0 aliphatic heterocycles. The van der Waals surface area contributed by atoms with E-state index in [9.17, 15) is 5.11 Å². The van der Waals surface area contributed by atoms with Gasteiger partial charge >= 0.3 is 0 Å². The van der Waals surface area contributed by atoms with Gasteiger partial charge in [0.15, 0.2) is 0 Å². The second-order valence-corrected chi connectivity index (χ2v) is 4.25. The molecule has 0 bridgehead atoms. The highest BCUT2D eigenvalue weighted by Crippen LogP contribution is 2.54. The summed E-state index contributed by atoms with van der Waals surface area (Å²) >= 11 is 1.36. The normalized spacial score (nSPS) is 22.2. The van der Waals surface area contributed by atoms with Gasteiger partial charge in [-0.05, 0) is 30.4 Å². The van der Waals surface area contributed by atoms with Crippen LogP contribution in [0.4, 0.5) is 0 Å². The molecule has 1 unspecified atom stereocenters. The summed E-state index contributed by atoms with van der Waals surface area (Å²) in [5.41, 5.74) is 5.58. The van der Waals surface area contributed by atoms with Crippen molar-refractivity contribution in [3.63, 3.8) is 0 Å². The summed E-state index contributed by atoms with van der Waals surface area (Å²) in [5.74, 6) is 0. The van der Waals surface area contributed by atoms with Crippen LogP contribution < -0.4 is 5.73 Å². The van der Waals surface area contributed by atoms with Crippen LogP contribution in [-0.4, -0.2) is 16.0 Å². The Balaban J connectivity index is 2.15. The van der Waals surface area contributed by atoms with Crippen molar-refractivity contribution < 1.29 is 5.11 Å². The minimum atomic E-state index is -0.394. The zero-order valence-corrected chi connectivity index (χ0v) is 7.55. The maximum Gasteiger partial charge on any atom is 0.0965 e. The highest BCUT2D eigenvalue weighted by molar-refractivity contribution is 7.05. The molecule has 1 aliphatic rings. The predicted octanol–water partition coefficient (Wildman–Crippen LogP) is 0.915. The van der Waals surface area contributed by atoms with Gasteiger partial charge in [0.25, 0.3) is 0 Å². The van der Waals surface area contributed by atoms with Crippen LogP contribution in [0.3, 0.4) is 0 Å². The average molecular weight is 184 g/mol. The van der Waals surface area contributed by atoms with E-state index in [1.165, 1.54) is 11.5 Å². The molecule has 1 aromatic rings. The van der Waals surface area contributed by atoms with E-state index in [0.717, 1.165) is 17.7 Å². The quantitative estimate of drug-likeness (QED) is 0.734. The van der Waals surface area contributed by atoms with E-state index in [0.29, 0.717) is 6.54 Å². The van der Waals surface area contributed by atoms with Gasteiger partial charge in [0.2, 0.25) is 0 Å². The van der Waals surface area contributed by atoms with E-state index in [1.807, 2.05) is 6.07 Å². The molecule has 0 amide bonds. The molecule has 1 fully saturated rings. The highest BCUT2D eigenvalue weighted by Gasteiger charge is 2.48. The molecule has 3 N–H and O–H groups in total. The maximum absolute atomic E-state index is 9.89. The summed E-state index contributed by atoms with van der Waals surface area (Å²) in [5, 5.41) is 9.89. The Hall–Kier alpha value is -0.450. The molecule has 1 saturated carbocycles. The molecule has 4 heteroatoms. The predicted molar refractivity (Wildman–Crippen MR) is 47.8 cm³/mol. The minimum Gasteiger partial charge on any atom is -0.387 e. The fourth-order valence-corrected chi connectivity index (χ4v) is 2.13. The van der Waals surface area contributed by atoms with Gasteiger partial charge in [0, 0.05) is 18.2 Å². The van der Waals surface area contributed by atoms with Crippen molar-refractivity contribution in [3.05, 3.63) is 17.1 Å². The van der Waals surface area contributed by atoms with Crippen molar-refractivity contribution in [2.75, 3.05) is 6.54 Å². The van der Waals surface area contributed by atoms with Gasteiger partial charge in [0.1, 0.15) is 0 Å². The summed E-state index contributed by atoms with van der Waals surface area (Å²) in [6.07, 6.45) is 3.41. The molecular formula is C8H12N2OS. The van der Waals surface area contributed by atoms with Crippen LogP contribution in [0.1, 0.15) is 23.8 Å². The van der Waals surface area contributed by atoms with Gasteiger partial charge in [-0.2, -0.15) is 0 Å². The Bertz CT molecular complexity index is 256. The van der Waals surface area contributed by atoms with Crippen molar-refractivity contribution >= 4 is 11.5 Å². The average Bonchev–Trinajstić information content (AvgIpc) is 2.71. The highest BCUT2D eigenvalue weighted by atomic mass is 32.1. The fraction of sp³-hybridized carbons (Fsp3) is 0.625. The molecule has 1 aliphatic carbocycles. The van der Waals surface area contributed by atoms with Crippen LogP contribution in [0.5, 0.6) is 0 Å². The van der Waals surface area contributed by atoms with Crippen molar-refractivity contribution in [3.8, 4) is 0 Å². The minimum absolute atomic E-state index is 0.0213. The fourth-order valence-electron chi connectivity index (χ4n) is 1.42. The number of hydrogen-bond acceptors (Lipinski definition) is 4. The molecule has 12 heavy (non-hydrogen) atoms. The Kier molecular flexibility index (Phi) is 1.90. The van der Waals surface area contributed by atoms with Gasteiger partial charge in [-0.3, -0.25) is 0 Å². The third kappa shape index (κ3) is 1.16. The standard InChI is InChI=1S/C8H12N2OS/c9-5-8(2-3-8)7(11)6-1-4-10-12-6/h1,4,7,11H,2-3,5,9H2. The van der Waals surface area contributed by atoms with Crippen LogP contribution in [0.15, 0.2) is 12.3 Å². The molecule has 0 saturated heterocycles. The van der Waals surface area contributed by atoms with E-state index in [1.54, 1.807) is 6.20 Å². The smallest absolute Gasteiger partial charge is 0.0965 e. The Morgan fingerprint density at radius 3 is 2.92 bits per heavy atom. The summed E-state index contributed by atoms with van der Waals surface area (Å²) in [6, 6.07) is 1.87. The second kappa shape index (κ2) is 2.80. The molecular weight excluding hydrogens is 172 g/mol. The van der Waals surface area contributed by atoms with Gasteiger partial charge < -0.3 is 10.8 Å². The number of aliphatic hydroxyl groups is 1. The zero-order chi connectivity index (χ0) is 8.60. The van der Waals surface area contributed by atoms with Crippen LogP contribution >= 0.6 is 11.5 Å². The first-order chi connectivity index (χ1) is 5.78. The molecule has 1 aromatic heterocycles. The van der Waals surface area contributed by atoms with E-state index in [-0.39, 0.29) is 5.41 Å². The molecule has 66 valence electrons. The molecule has 1 atom stereocenters. The van der Waals surface area contributed by atoms with Crippen molar-refractivity contribution in [2.45, 2.75) is 18.9 Å². The van der Waals surface area contributed by atoms with Crippen LogP contribution in [0.25, 0.3) is 0 Å². The lowest BCUT2D eigenvalue weighted by Crippen LogP contribution is -2.22. The molecule has 3 nitrogen and oxygen atoms in total. The van der Waals surface area contributed by atoms with Crippen molar-refractivity contribution in [2.24, 2.45) is 11.1 Å². The third-order valence-corrected chi connectivity index (χ3v) is 3.40. The van der Waals surface area contributed by atoms with Crippen molar-refractivity contribution in [1.82, 2.24) is 4.37 Å². The first kappa shape index (κ1) is 8.16. The lowest BCUT2D eigenvalue weighted by molar-refractivity contribution is 0.101. The second-order valence-electron chi connectivity index (χ2n) is 3.38. The third-order valence-electron chi connectivity index (χ3n) is 2.61. The van der Waals surface area contributed by atoms with E-state index in [2.05, 4.69) is 4.37 Å². The molecule has 0 aromatic carbocycles. The van der Waals surface area contributed by atoms with E-state index >= 15 is 0 Å². The molecule has 2 rings (SSSR count). The Morgan fingerprint density at radius 2 is 2.50 bits per heavy atom. The number of aliphatic hydroxyl groups excluding tert-OH is 1. The van der Waals surface area contributed by atoms with E-state index < -0.39 is 6.10 Å². The number of nitrogens with zero attached hydrogens (tertiary/aromatic N) is 1. The summed E-state index contributed by atoms with van der Waals surface area (Å²) in [4.78, 5) is 0.943. The summed E-state index contributed by atoms with van der Waals surface area (Å²) in [7, 11) is 0. The molecule has 0 radical (unpaired) electrons. The Labute approximate surface area is 75.4 Å². The van der Waals surface area contributed by atoms with E-state index in [4.69, 9.17) is 5.73 Å². The van der Waals surface area contributed by atoms with Gasteiger partial charge in [-0.25, -0.2) is 4.37 Å². The monoisotopic (exact) mass is 184 g/mol. The van der Waals surface area contributed by atoms with Gasteiger partial charge in [-0.15, -0.1) is 0 Å². The van der Waals surface area contributed by atoms with Gasteiger partial charge in [0.05, 0.1) is 11.0 Å². The lowest BCUT2D eigenvalue weighted by Gasteiger charge is -2.18. The lowest BCUT2D eigenvalue weighted by atomic mass is 9.98. The Morgan fingerprint density at radius 1 is 1.75 bits per heavy atom. The largest absolute Gasteiger partial charge is 0.387 e. The van der Waals surface area contributed by atoms with Crippen molar-refractivity contribution in [1.29, 1.82) is 0 Å². The topological polar surface area (TPSA) is 59.1 Å². The first-order valence-electron chi connectivity index (χ1n) is 4.07. The number of aromatic nitrogens is 1. The number of nitrogens with two attached hydrogens (primary N) is 1. The summed E-state index contributed by atoms with van der Waals surface area (Å²) in [6.45, 7) is 0.575. The maximum atomic E-state index is 9.89. The number of rotatable bonds is 3. The van der Waals surface area contributed by atoms with Crippen LogP contribution in [-0.2, 0) is 0 Å². The van der Waals surface area contributed by atoms with Gasteiger partial charge in [-0.1, -0.05) is 0 Å². The molecule has 1 heterocycles. The zero-order valence-electron chi connectivity index (χ0n) is 6.73. The first-order valence-corrected chi connectivity index (χ1v) is 4.84. The molecule has 0 spiro atoms.